The van der Waals surface area contributed by atoms with Crippen molar-refractivity contribution in [2.45, 2.75) is 26.2 Å². The molecule has 0 saturated carbocycles. The molecule has 0 spiro atoms. The van der Waals surface area contributed by atoms with E-state index in [-0.39, 0.29) is 11.6 Å². The Morgan fingerprint density at radius 1 is 1.11 bits per heavy atom. The molecule has 140 valence electrons. The Kier molecular flexibility index (Phi) is 4.47. The van der Waals surface area contributed by atoms with E-state index >= 15 is 0 Å². The zero-order chi connectivity index (χ0) is 19.0. The lowest BCUT2D eigenvalue weighted by atomic mass is 10.1. The van der Waals surface area contributed by atoms with E-state index < -0.39 is 4.92 Å². The molecule has 1 aromatic carbocycles. The fraction of sp³-hybridized carbons (Fsp3) is 0.421. The fourth-order valence-corrected chi connectivity index (χ4v) is 3.79. The molecule has 1 amide bonds. The number of aromatic nitrogens is 2. The molecule has 1 saturated heterocycles. The molecule has 0 radical (unpaired) electrons. The Hall–Kier alpha value is -3.03. The highest BCUT2D eigenvalue weighted by Crippen LogP contribution is 2.24. The van der Waals surface area contributed by atoms with Crippen LogP contribution in [0.4, 0.5) is 11.5 Å². The SMILES string of the molecule is Cc1cc(C(=O)N2CCN(c3cc4c(nn3)CCC4)CC2)ccc1[N+](=O)[O-]. The number of piperazine rings is 1. The summed E-state index contributed by atoms with van der Waals surface area (Å²) in [5.41, 5.74) is 3.43. The lowest BCUT2D eigenvalue weighted by molar-refractivity contribution is -0.385. The second kappa shape index (κ2) is 6.94. The van der Waals surface area contributed by atoms with E-state index in [1.165, 1.54) is 17.7 Å². The second-order valence-corrected chi connectivity index (χ2v) is 7.07. The third kappa shape index (κ3) is 3.34. The van der Waals surface area contributed by atoms with E-state index in [0.717, 1.165) is 30.8 Å². The number of carbonyl (C=O) groups is 1. The van der Waals surface area contributed by atoms with Crippen molar-refractivity contribution in [3.63, 3.8) is 0 Å². The normalized spacial score (nSPS) is 16.3. The van der Waals surface area contributed by atoms with Gasteiger partial charge in [0, 0.05) is 43.4 Å². The van der Waals surface area contributed by atoms with E-state index in [2.05, 4.69) is 21.2 Å². The van der Waals surface area contributed by atoms with Crippen LogP contribution in [0.1, 0.15) is 33.6 Å². The van der Waals surface area contributed by atoms with Gasteiger partial charge in [0.1, 0.15) is 0 Å². The maximum absolute atomic E-state index is 12.7. The van der Waals surface area contributed by atoms with Gasteiger partial charge < -0.3 is 9.80 Å². The molecule has 0 atom stereocenters. The van der Waals surface area contributed by atoms with Crippen LogP contribution in [-0.4, -0.2) is 52.1 Å². The van der Waals surface area contributed by atoms with Crippen LogP contribution >= 0.6 is 0 Å². The zero-order valence-corrected chi connectivity index (χ0v) is 15.2. The molecule has 0 N–H and O–H groups in total. The highest BCUT2D eigenvalue weighted by molar-refractivity contribution is 5.95. The van der Waals surface area contributed by atoms with Crippen LogP contribution in [0.5, 0.6) is 0 Å². The molecule has 1 aliphatic carbocycles. The number of rotatable bonds is 3. The van der Waals surface area contributed by atoms with E-state index in [0.29, 0.717) is 37.3 Å². The Bertz CT molecular complexity index is 906. The number of hydrogen-bond acceptors (Lipinski definition) is 6. The van der Waals surface area contributed by atoms with Crippen LogP contribution < -0.4 is 4.90 Å². The largest absolute Gasteiger partial charge is 0.352 e. The van der Waals surface area contributed by atoms with E-state index in [1.54, 1.807) is 17.9 Å². The summed E-state index contributed by atoms with van der Waals surface area (Å²) in [4.78, 5) is 27.2. The van der Waals surface area contributed by atoms with Gasteiger partial charge in [0.2, 0.25) is 0 Å². The maximum atomic E-state index is 12.7. The first-order chi connectivity index (χ1) is 13.0. The minimum atomic E-state index is -0.431. The van der Waals surface area contributed by atoms with Crippen molar-refractivity contribution < 1.29 is 9.72 Å². The topological polar surface area (TPSA) is 92.5 Å². The third-order valence-corrected chi connectivity index (χ3v) is 5.34. The first-order valence-corrected chi connectivity index (χ1v) is 9.17. The molecule has 2 aliphatic rings. The van der Waals surface area contributed by atoms with Gasteiger partial charge in [-0.1, -0.05) is 0 Å². The molecule has 2 aromatic rings. The molecule has 2 heterocycles. The summed E-state index contributed by atoms with van der Waals surface area (Å²) in [5.74, 6) is 0.793. The second-order valence-electron chi connectivity index (χ2n) is 7.07. The summed E-state index contributed by atoms with van der Waals surface area (Å²) in [6, 6.07) is 6.66. The van der Waals surface area contributed by atoms with Crippen LogP contribution in [0, 0.1) is 17.0 Å². The summed E-state index contributed by atoms with van der Waals surface area (Å²) in [6.45, 7) is 4.23. The standard InChI is InChI=1S/C19H21N5O3/c1-13-11-15(5-6-17(13)24(26)27)19(25)23-9-7-22(8-10-23)18-12-14-3-2-4-16(14)20-21-18/h5-6,11-12H,2-4,7-10H2,1H3. The van der Waals surface area contributed by atoms with Crippen LogP contribution in [-0.2, 0) is 12.8 Å². The number of fused-ring (bicyclic) bond motifs is 1. The first kappa shape index (κ1) is 17.4. The summed E-state index contributed by atoms with van der Waals surface area (Å²) in [7, 11) is 0. The number of aryl methyl sites for hydroxylation is 3. The molecule has 4 rings (SSSR count). The monoisotopic (exact) mass is 367 g/mol. The number of amides is 1. The number of hydrogen-bond donors (Lipinski definition) is 0. The lowest BCUT2D eigenvalue weighted by Crippen LogP contribution is -2.49. The Morgan fingerprint density at radius 3 is 2.59 bits per heavy atom. The fourth-order valence-electron chi connectivity index (χ4n) is 3.79. The lowest BCUT2D eigenvalue weighted by Gasteiger charge is -2.35. The van der Waals surface area contributed by atoms with E-state index in [1.807, 2.05) is 0 Å². The van der Waals surface area contributed by atoms with Gasteiger partial charge in [-0.05, 0) is 49.9 Å². The zero-order valence-electron chi connectivity index (χ0n) is 15.2. The quantitative estimate of drug-likeness (QED) is 0.610. The molecule has 8 nitrogen and oxygen atoms in total. The van der Waals surface area contributed by atoms with Crippen LogP contribution in [0.3, 0.4) is 0 Å². The first-order valence-electron chi connectivity index (χ1n) is 9.17. The van der Waals surface area contributed by atoms with Gasteiger partial charge in [-0.2, -0.15) is 5.10 Å². The predicted molar refractivity (Wildman–Crippen MR) is 100 cm³/mol. The third-order valence-electron chi connectivity index (χ3n) is 5.34. The molecular weight excluding hydrogens is 346 g/mol. The van der Waals surface area contributed by atoms with Gasteiger partial charge >= 0.3 is 0 Å². The summed E-state index contributed by atoms with van der Waals surface area (Å²) < 4.78 is 0. The Morgan fingerprint density at radius 2 is 1.89 bits per heavy atom. The van der Waals surface area contributed by atoms with Crippen LogP contribution in [0.2, 0.25) is 0 Å². The van der Waals surface area contributed by atoms with Gasteiger partial charge in [0.05, 0.1) is 10.6 Å². The molecular formula is C19H21N5O3. The van der Waals surface area contributed by atoms with Crippen molar-refractivity contribution in [1.29, 1.82) is 0 Å². The molecule has 1 fully saturated rings. The van der Waals surface area contributed by atoms with Gasteiger partial charge in [-0.25, -0.2) is 0 Å². The molecule has 27 heavy (non-hydrogen) atoms. The number of carbonyl (C=O) groups excluding carboxylic acids is 1. The average Bonchev–Trinajstić information content (AvgIpc) is 3.15. The van der Waals surface area contributed by atoms with Gasteiger partial charge in [0.15, 0.2) is 5.82 Å². The van der Waals surface area contributed by atoms with Gasteiger partial charge in [-0.3, -0.25) is 14.9 Å². The van der Waals surface area contributed by atoms with Crippen molar-refractivity contribution in [1.82, 2.24) is 15.1 Å². The van der Waals surface area contributed by atoms with Crippen molar-refractivity contribution in [3.05, 3.63) is 56.8 Å². The summed E-state index contributed by atoms with van der Waals surface area (Å²) >= 11 is 0. The maximum Gasteiger partial charge on any atom is 0.272 e. The number of benzene rings is 1. The number of anilines is 1. The average molecular weight is 367 g/mol. The molecule has 8 heteroatoms. The smallest absolute Gasteiger partial charge is 0.272 e. The Labute approximate surface area is 157 Å². The van der Waals surface area contributed by atoms with Gasteiger partial charge in [0.25, 0.3) is 11.6 Å². The van der Waals surface area contributed by atoms with Gasteiger partial charge in [-0.15, -0.1) is 5.10 Å². The molecule has 1 aromatic heterocycles. The van der Waals surface area contributed by atoms with Crippen molar-refractivity contribution in [2.24, 2.45) is 0 Å². The summed E-state index contributed by atoms with van der Waals surface area (Å²) in [6.07, 6.45) is 3.22. The summed E-state index contributed by atoms with van der Waals surface area (Å²) in [5, 5.41) is 19.6. The number of nitrogens with zero attached hydrogens (tertiary/aromatic N) is 5. The van der Waals surface area contributed by atoms with E-state index in [4.69, 9.17) is 0 Å². The minimum Gasteiger partial charge on any atom is -0.352 e. The van der Waals surface area contributed by atoms with Crippen LogP contribution in [0.25, 0.3) is 0 Å². The highest BCUT2D eigenvalue weighted by atomic mass is 16.6. The van der Waals surface area contributed by atoms with E-state index in [9.17, 15) is 14.9 Å². The number of nitro benzene ring substituents is 1. The molecule has 1 aliphatic heterocycles. The Balaban J connectivity index is 1.42. The highest BCUT2D eigenvalue weighted by Gasteiger charge is 2.25. The predicted octanol–water partition coefficient (Wildman–Crippen LogP) is 2.14. The molecule has 0 unspecified atom stereocenters. The molecule has 0 bridgehead atoms. The van der Waals surface area contributed by atoms with Crippen molar-refractivity contribution >= 4 is 17.4 Å². The van der Waals surface area contributed by atoms with Crippen molar-refractivity contribution in [2.75, 3.05) is 31.1 Å². The van der Waals surface area contributed by atoms with Crippen molar-refractivity contribution in [3.8, 4) is 0 Å². The van der Waals surface area contributed by atoms with Crippen LogP contribution in [0.15, 0.2) is 24.3 Å². The number of nitro groups is 1. The minimum absolute atomic E-state index is 0.0338.